The fourth-order valence-electron chi connectivity index (χ4n) is 2.93. The van der Waals surface area contributed by atoms with Gasteiger partial charge < -0.3 is 13.8 Å². The van der Waals surface area contributed by atoms with Gasteiger partial charge >= 0.3 is 0 Å². The Morgan fingerprint density at radius 3 is 2.63 bits per heavy atom. The molecule has 0 aliphatic carbocycles. The van der Waals surface area contributed by atoms with Crippen molar-refractivity contribution in [3.8, 4) is 40.0 Å². The van der Waals surface area contributed by atoms with Crippen molar-refractivity contribution in [3.05, 3.63) is 59.7 Å². The van der Waals surface area contributed by atoms with E-state index in [4.69, 9.17) is 13.8 Å². The van der Waals surface area contributed by atoms with Crippen LogP contribution in [0, 0.1) is 11.6 Å². The second kappa shape index (κ2) is 6.01. The summed E-state index contributed by atoms with van der Waals surface area (Å²) in [5.74, 6) is -0.545. The van der Waals surface area contributed by atoms with Crippen molar-refractivity contribution in [1.29, 1.82) is 0 Å². The largest absolute Gasteiger partial charge is 0.493 e. The van der Waals surface area contributed by atoms with E-state index in [1.165, 1.54) is 6.07 Å². The van der Waals surface area contributed by atoms with E-state index in [2.05, 4.69) is 15.3 Å². The highest BCUT2D eigenvalue weighted by Crippen LogP contribution is 2.32. The minimum atomic E-state index is -0.985. The monoisotopic (exact) mass is 367 g/mol. The fraction of sp³-hybridized carbons (Fsp3) is 0.105. The predicted octanol–water partition coefficient (Wildman–Crippen LogP) is 4.27. The van der Waals surface area contributed by atoms with E-state index in [-0.39, 0.29) is 17.5 Å². The molecule has 0 radical (unpaired) electrons. The molecule has 3 heterocycles. The van der Waals surface area contributed by atoms with Gasteiger partial charge in [0.1, 0.15) is 11.4 Å². The number of nitrogens with zero attached hydrogens (tertiary/aromatic N) is 3. The zero-order valence-electron chi connectivity index (χ0n) is 13.8. The van der Waals surface area contributed by atoms with Gasteiger partial charge in [0.05, 0.1) is 6.61 Å². The molecule has 0 saturated heterocycles. The molecule has 2 aromatic heterocycles. The van der Waals surface area contributed by atoms with E-state index >= 15 is 0 Å². The molecule has 0 unspecified atom stereocenters. The van der Waals surface area contributed by atoms with Crippen LogP contribution in [0.3, 0.4) is 0 Å². The van der Waals surface area contributed by atoms with Gasteiger partial charge in [-0.3, -0.25) is 0 Å². The van der Waals surface area contributed by atoms with E-state index in [1.807, 2.05) is 18.2 Å². The van der Waals surface area contributed by atoms with Gasteiger partial charge in [-0.15, -0.1) is 0 Å². The van der Waals surface area contributed by atoms with Crippen molar-refractivity contribution in [1.82, 2.24) is 15.3 Å². The lowest BCUT2D eigenvalue weighted by Gasteiger charge is -2.00. The molecule has 0 spiro atoms. The molecule has 0 N–H and O–H groups in total. The van der Waals surface area contributed by atoms with Crippen LogP contribution < -0.4 is 4.74 Å². The normalized spacial score (nSPS) is 12.8. The second-order valence-corrected chi connectivity index (χ2v) is 6.05. The molecule has 0 atom stereocenters. The minimum absolute atomic E-state index is 0.0953. The molecular weight excluding hydrogens is 356 g/mol. The molecule has 2 aromatic carbocycles. The summed E-state index contributed by atoms with van der Waals surface area (Å²) >= 11 is 0. The Morgan fingerprint density at radius 2 is 1.74 bits per heavy atom. The zero-order chi connectivity index (χ0) is 18.4. The smallest absolute Gasteiger partial charge is 0.296 e. The van der Waals surface area contributed by atoms with Gasteiger partial charge in [0, 0.05) is 23.6 Å². The average Bonchev–Trinajstić information content (AvgIpc) is 3.42. The number of hydrogen-bond donors (Lipinski definition) is 0. The van der Waals surface area contributed by atoms with Gasteiger partial charge in [-0.05, 0) is 42.0 Å². The Balaban J connectivity index is 1.45. The summed E-state index contributed by atoms with van der Waals surface area (Å²) in [5.41, 5.74) is 2.92. The van der Waals surface area contributed by atoms with Crippen molar-refractivity contribution in [2.24, 2.45) is 0 Å². The third-order valence-corrected chi connectivity index (χ3v) is 4.31. The van der Waals surface area contributed by atoms with Crippen molar-refractivity contribution in [2.75, 3.05) is 6.61 Å². The van der Waals surface area contributed by atoms with Gasteiger partial charge in [-0.25, -0.2) is 8.78 Å². The Bertz CT molecular complexity index is 1150. The van der Waals surface area contributed by atoms with Crippen molar-refractivity contribution in [3.63, 3.8) is 0 Å². The SMILES string of the molecule is Fc1ccc(-c2noc(-c3cc(-c4ccc5c(c4)CCO5)no3)n2)cc1F. The lowest BCUT2D eigenvalue weighted by Crippen LogP contribution is -1.86. The third-order valence-electron chi connectivity index (χ3n) is 4.31. The Kier molecular flexibility index (Phi) is 3.49. The standard InChI is InChI=1S/C19H11F2N3O3/c20-13-3-1-12(8-14(13)21)18-22-19(27-24-18)17-9-15(23-26-17)10-2-4-16-11(7-10)5-6-25-16/h1-4,7-9H,5-6H2. The van der Waals surface area contributed by atoms with Crippen LogP contribution in [0.1, 0.15) is 5.56 Å². The maximum atomic E-state index is 13.4. The van der Waals surface area contributed by atoms with Crippen LogP contribution in [0.25, 0.3) is 34.3 Å². The van der Waals surface area contributed by atoms with E-state index in [0.717, 1.165) is 35.4 Å². The van der Waals surface area contributed by atoms with Crippen LogP contribution in [-0.2, 0) is 6.42 Å². The summed E-state index contributed by atoms with van der Waals surface area (Å²) in [4.78, 5) is 4.17. The first-order valence-electron chi connectivity index (χ1n) is 8.20. The topological polar surface area (TPSA) is 74.2 Å². The number of benzene rings is 2. The fourth-order valence-corrected chi connectivity index (χ4v) is 2.93. The van der Waals surface area contributed by atoms with Crippen molar-refractivity contribution >= 4 is 0 Å². The molecule has 0 bridgehead atoms. The summed E-state index contributed by atoms with van der Waals surface area (Å²) in [6.07, 6.45) is 0.856. The van der Waals surface area contributed by atoms with Gasteiger partial charge in [0.25, 0.3) is 5.89 Å². The minimum Gasteiger partial charge on any atom is -0.493 e. The van der Waals surface area contributed by atoms with Crippen LogP contribution in [0.2, 0.25) is 0 Å². The molecule has 0 saturated carbocycles. The molecule has 4 aromatic rings. The van der Waals surface area contributed by atoms with Crippen LogP contribution >= 0.6 is 0 Å². The van der Waals surface area contributed by atoms with E-state index in [9.17, 15) is 8.78 Å². The summed E-state index contributed by atoms with van der Waals surface area (Å²) in [7, 11) is 0. The maximum absolute atomic E-state index is 13.4. The first kappa shape index (κ1) is 15.7. The van der Waals surface area contributed by atoms with E-state index in [0.29, 0.717) is 17.9 Å². The summed E-state index contributed by atoms with van der Waals surface area (Å²) in [6.45, 7) is 0.678. The van der Waals surface area contributed by atoms with Gasteiger partial charge in [-0.1, -0.05) is 10.3 Å². The second-order valence-electron chi connectivity index (χ2n) is 6.05. The number of hydrogen-bond acceptors (Lipinski definition) is 6. The van der Waals surface area contributed by atoms with Crippen LogP contribution in [0.4, 0.5) is 8.78 Å². The lowest BCUT2D eigenvalue weighted by atomic mass is 10.1. The molecule has 134 valence electrons. The Labute approximate surface area is 151 Å². The van der Waals surface area contributed by atoms with Gasteiger partial charge in [0.2, 0.25) is 11.6 Å². The number of ether oxygens (including phenoxy) is 1. The summed E-state index contributed by atoms with van der Waals surface area (Å²) in [5, 5.41) is 7.83. The molecule has 6 nitrogen and oxygen atoms in total. The van der Waals surface area contributed by atoms with Gasteiger partial charge in [0.15, 0.2) is 11.6 Å². The summed E-state index contributed by atoms with van der Waals surface area (Å²) < 4.78 is 42.4. The van der Waals surface area contributed by atoms with Crippen LogP contribution in [0.15, 0.2) is 51.5 Å². The molecule has 0 fully saturated rings. The molecule has 1 aliphatic rings. The zero-order valence-corrected chi connectivity index (χ0v) is 13.8. The molecule has 27 heavy (non-hydrogen) atoms. The van der Waals surface area contributed by atoms with Gasteiger partial charge in [-0.2, -0.15) is 4.98 Å². The molecule has 0 amide bonds. The average molecular weight is 367 g/mol. The third kappa shape index (κ3) is 2.75. The Morgan fingerprint density at radius 1 is 0.852 bits per heavy atom. The summed E-state index contributed by atoms with van der Waals surface area (Å²) in [6, 6.07) is 10.9. The van der Waals surface area contributed by atoms with E-state index in [1.54, 1.807) is 6.07 Å². The number of fused-ring (bicyclic) bond motifs is 1. The van der Waals surface area contributed by atoms with Crippen LogP contribution in [-0.4, -0.2) is 21.9 Å². The maximum Gasteiger partial charge on any atom is 0.296 e. The molecule has 8 heteroatoms. The quantitative estimate of drug-likeness (QED) is 0.538. The molecule has 5 rings (SSSR count). The highest BCUT2D eigenvalue weighted by atomic mass is 19.2. The number of aromatic nitrogens is 3. The number of halogens is 2. The first-order chi connectivity index (χ1) is 13.2. The van der Waals surface area contributed by atoms with Crippen molar-refractivity contribution in [2.45, 2.75) is 6.42 Å². The first-order valence-corrected chi connectivity index (χ1v) is 8.20. The van der Waals surface area contributed by atoms with E-state index < -0.39 is 11.6 Å². The highest BCUT2D eigenvalue weighted by Gasteiger charge is 2.19. The Hall–Kier alpha value is -3.55. The van der Waals surface area contributed by atoms with Crippen LogP contribution in [0.5, 0.6) is 5.75 Å². The number of rotatable bonds is 3. The molecular formula is C19H11F2N3O3. The highest BCUT2D eigenvalue weighted by molar-refractivity contribution is 5.66. The molecule has 1 aliphatic heterocycles. The lowest BCUT2D eigenvalue weighted by molar-refractivity contribution is 0.357. The van der Waals surface area contributed by atoms with Crippen molar-refractivity contribution < 1.29 is 22.6 Å². The predicted molar refractivity (Wildman–Crippen MR) is 89.8 cm³/mol.